The van der Waals surface area contributed by atoms with Gasteiger partial charge in [0.05, 0.1) is 12.1 Å². The van der Waals surface area contributed by atoms with Crippen LogP contribution in [0.15, 0.2) is 97.1 Å². The second-order valence-electron chi connectivity index (χ2n) is 17.5. The minimum absolute atomic E-state index is 0.298. The van der Waals surface area contributed by atoms with E-state index in [0.717, 1.165) is 22.3 Å². The highest BCUT2D eigenvalue weighted by molar-refractivity contribution is 6.05. The molecule has 5 rings (SSSR count). The molecule has 0 spiro atoms. The van der Waals surface area contributed by atoms with Crippen LogP contribution in [-0.4, -0.2) is 39.0 Å². The maximum Gasteiger partial charge on any atom is 0.239 e. The molecule has 0 aliphatic heterocycles. The highest BCUT2D eigenvalue weighted by Gasteiger charge is 2.63. The Labute approximate surface area is 311 Å². The number of hydrogen-bond donors (Lipinski definition) is 3. The van der Waals surface area contributed by atoms with Gasteiger partial charge in [-0.05, 0) is 73.6 Å². The predicted molar refractivity (Wildman–Crippen MR) is 210 cm³/mol. The van der Waals surface area contributed by atoms with Gasteiger partial charge in [-0.2, -0.15) is 0 Å². The van der Waals surface area contributed by atoms with Gasteiger partial charge in [0.25, 0.3) is 0 Å². The fourth-order valence-electron chi connectivity index (χ4n) is 8.41. The van der Waals surface area contributed by atoms with Gasteiger partial charge >= 0.3 is 0 Å². The number of aliphatic hydroxyl groups is 2. The summed E-state index contributed by atoms with van der Waals surface area (Å²) >= 11 is 0. The smallest absolute Gasteiger partial charge is 0.239 e. The third-order valence-electron chi connectivity index (χ3n) is 11.3. The van der Waals surface area contributed by atoms with Crippen LogP contribution in [0, 0.1) is 43.9 Å². The van der Waals surface area contributed by atoms with Crippen molar-refractivity contribution in [3.63, 3.8) is 0 Å². The third-order valence-corrected chi connectivity index (χ3v) is 11.3. The van der Waals surface area contributed by atoms with Crippen LogP contribution in [0.1, 0.15) is 105 Å². The minimum Gasteiger partial charge on any atom is -0.378 e. The molecule has 0 bridgehead atoms. The molecule has 4 aromatic carbocycles. The molecule has 1 aliphatic carbocycles. The van der Waals surface area contributed by atoms with E-state index in [9.17, 15) is 15.0 Å². The second kappa shape index (κ2) is 13.9. The monoisotopic (exact) mass is 702 g/mol. The number of amides is 2. The average Bonchev–Trinajstić information content (AvgIpc) is 3.03. The van der Waals surface area contributed by atoms with E-state index < -0.39 is 51.3 Å². The first kappa shape index (κ1) is 39.0. The second-order valence-corrected chi connectivity index (χ2v) is 17.5. The number of benzene rings is 4. The topological polar surface area (TPSA) is 104 Å². The number of carbonyl (C=O) groups excluding carboxylic acids is 2. The van der Waals surface area contributed by atoms with Crippen LogP contribution in [0.3, 0.4) is 0 Å². The van der Waals surface area contributed by atoms with Crippen LogP contribution in [0.5, 0.6) is 0 Å². The number of nitrogens with two attached hydrogens (primary N) is 1. The van der Waals surface area contributed by atoms with Crippen molar-refractivity contribution in [2.75, 3.05) is 0 Å². The Balaban J connectivity index is 1.98. The van der Waals surface area contributed by atoms with Gasteiger partial charge in [0, 0.05) is 0 Å². The van der Waals surface area contributed by atoms with E-state index >= 15 is 4.79 Å². The van der Waals surface area contributed by atoms with Crippen molar-refractivity contribution < 1.29 is 19.8 Å². The highest BCUT2D eigenvalue weighted by Crippen LogP contribution is 2.54. The van der Waals surface area contributed by atoms with Gasteiger partial charge in [0.15, 0.2) is 0 Å². The molecule has 276 valence electrons. The Kier molecular flexibility index (Phi) is 10.4. The van der Waals surface area contributed by atoms with Gasteiger partial charge < -0.3 is 20.8 Å². The summed E-state index contributed by atoms with van der Waals surface area (Å²) in [6.45, 7) is 20.1. The van der Waals surface area contributed by atoms with E-state index in [1.54, 1.807) is 4.90 Å². The first-order valence-corrected chi connectivity index (χ1v) is 18.5. The number of aryl methyl sites for hydroxylation is 4. The van der Waals surface area contributed by atoms with E-state index in [4.69, 9.17) is 5.73 Å². The lowest BCUT2D eigenvalue weighted by Crippen LogP contribution is -2.72. The van der Waals surface area contributed by atoms with Crippen molar-refractivity contribution >= 4 is 11.8 Å². The van der Waals surface area contributed by atoms with Gasteiger partial charge in [0.2, 0.25) is 11.8 Å². The molecule has 2 atom stereocenters. The van der Waals surface area contributed by atoms with Gasteiger partial charge in [0.1, 0.15) is 16.6 Å². The zero-order valence-corrected chi connectivity index (χ0v) is 32.7. The molecule has 0 heterocycles. The van der Waals surface area contributed by atoms with Crippen LogP contribution in [0.4, 0.5) is 0 Å². The Morgan fingerprint density at radius 1 is 0.558 bits per heavy atom. The van der Waals surface area contributed by atoms with Crippen LogP contribution in [0.25, 0.3) is 0 Å². The summed E-state index contributed by atoms with van der Waals surface area (Å²) in [6, 6.07) is 29.0. The van der Waals surface area contributed by atoms with Crippen molar-refractivity contribution in [2.45, 2.75) is 112 Å². The first-order valence-electron chi connectivity index (χ1n) is 18.5. The first-order chi connectivity index (χ1) is 24.2. The van der Waals surface area contributed by atoms with E-state index in [1.807, 2.05) is 166 Å². The Hall–Kier alpha value is -4.26. The van der Waals surface area contributed by atoms with Gasteiger partial charge in [-0.1, -0.05) is 167 Å². The lowest BCUT2D eigenvalue weighted by atomic mass is 9.61. The molecule has 2 amide bonds. The number of nitrogens with zero attached hydrogens (tertiary/aromatic N) is 1. The largest absolute Gasteiger partial charge is 0.378 e. The molecule has 0 radical (unpaired) electrons. The molecular formula is C46H58N2O4. The molecular weight excluding hydrogens is 645 g/mol. The summed E-state index contributed by atoms with van der Waals surface area (Å²) in [5.41, 5.74) is 5.97. The molecule has 1 saturated carbocycles. The standard InChI is InChI=1S/C46H58N2O4/c1-30-12-20-34(21-13-30)45(51,35-22-14-31(2)15-23-35)38(42(5,6)7)48(41(50)44(40(47)49)28-11-29-44)39(43(8,9)10)46(52,36-24-16-32(3)17-25-36)37-26-18-33(4)19-27-37/h12-27,38-39,51-52H,11,28-29H2,1-10H3,(H2,47,49)/t38-,39-/m1/s1. The summed E-state index contributed by atoms with van der Waals surface area (Å²) in [6.07, 6.45) is 1.27. The Morgan fingerprint density at radius 3 is 0.981 bits per heavy atom. The summed E-state index contributed by atoms with van der Waals surface area (Å²) < 4.78 is 0. The molecule has 0 unspecified atom stereocenters. The van der Waals surface area contributed by atoms with Gasteiger partial charge in [-0.15, -0.1) is 0 Å². The van der Waals surface area contributed by atoms with Gasteiger partial charge in [-0.25, -0.2) is 0 Å². The molecule has 52 heavy (non-hydrogen) atoms. The minimum atomic E-state index is -1.80. The lowest BCUT2D eigenvalue weighted by molar-refractivity contribution is -0.188. The molecule has 4 aromatic rings. The zero-order valence-electron chi connectivity index (χ0n) is 32.7. The number of carbonyl (C=O) groups is 2. The third kappa shape index (κ3) is 6.83. The number of primary amides is 1. The summed E-state index contributed by atoms with van der Waals surface area (Å²) in [5, 5.41) is 27.7. The van der Waals surface area contributed by atoms with Crippen LogP contribution in [0.2, 0.25) is 0 Å². The number of rotatable bonds is 10. The maximum atomic E-state index is 15.9. The average molecular weight is 703 g/mol. The molecule has 6 heteroatoms. The number of hydrogen-bond acceptors (Lipinski definition) is 4. The van der Waals surface area contributed by atoms with Crippen molar-refractivity contribution in [1.82, 2.24) is 4.90 Å². The molecule has 1 fully saturated rings. The predicted octanol–water partition coefficient (Wildman–Crippen LogP) is 8.41. The zero-order chi connectivity index (χ0) is 38.4. The van der Waals surface area contributed by atoms with Crippen LogP contribution < -0.4 is 5.73 Å². The molecule has 0 aromatic heterocycles. The molecule has 6 nitrogen and oxygen atoms in total. The lowest BCUT2D eigenvalue weighted by Gasteiger charge is -2.60. The van der Waals surface area contributed by atoms with E-state index in [0.29, 0.717) is 41.5 Å². The van der Waals surface area contributed by atoms with Crippen LogP contribution in [-0.2, 0) is 20.8 Å². The van der Waals surface area contributed by atoms with E-state index in [2.05, 4.69) is 0 Å². The van der Waals surface area contributed by atoms with Crippen molar-refractivity contribution in [3.05, 3.63) is 142 Å². The Bertz CT molecular complexity index is 1670. The van der Waals surface area contributed by atoms with E-state index in [-0.39, 0.29) is 0 Å². The molecule has 1 aliphatic rings. The van der Waals surface area contributed by atoms with Crippen molar-refractivity contribution in [2.24, 2.45) is 22.0 Å². The summed E-state index contributed by atoms with van der Waals surface area (Å²) in [7, 11) is 0. The fraction of sp³-hybridized carbons (Fsp3) is 0.435. The highest BCUT2D eigenvalue weighted by atomic mass is 16.3. The molecule has 4 N–H and O–H groups in total. The SMILES string of the molecule is Cc1ccc(C(O)(c2ccc(C)cc2)[C@H](N(C(=O)C2(C(N)=O)CCC2)[C@H](C(C)(C)C)C(O)(c2ccc(C)cc2)c2ccc(C)cc2)C(C)(C)C)cc1. The normalized spacial score (nSPS) is 16.1. The Morgan fingerprint density at radius 2 is 0.808 bits per heavy atom. The van der Waals surface area contributed by atoms with E-state index in [1.165, 1.54) is 0 Å². The maximum absolute atomic E-state index is 15.9. The van der Waals surface area contributed by atoms with Crippen LogP contribution >= 0.6 is 0 Å². The summed E-state index contributed by atoms with van der Waals surface area (Å²) in [4.78, 5) is 31.2. The summed E-state index contributed by atoms with van der Waals surface area (Å²) in [5.74, 6) is -1.15. The molecule has 0 saturated heterocycles. The quantitative estimate of drug-likeness (QED) is 0.144. The fourth-order valence-corrected chi connectivity index (χ4v) is 8.41. The van der Waals surface area contributed by atoms with Crippen molar-refractivity contribution in [3.8, 4) is 0 Å². The van der Waals surface area contributed by atoms with Gasteiger partial charge in [-0.3, -0.25) is 9.59 Å². The van der Waals surface area contributed by atoms with Crippen molar-refractivity contribution in [1.29, 1.82) is 0 Å².